The molecule has 0 saturated carbocycles. The van der Waals surface area contributed by atoms with Crippen molar-refractivity contribution in [2.75, 3.05) is 37.8 Å². The Bertz CT molecular complexity index is 1320. The quantitative estimate of drug-likeness (QED) is 0.403. The lowest BCUT2D eigenvalue weighted by Crippen LogP contribution is -2.37. The van der Waals surface area contributed by atoms with Crippen LogP contribution in [0.4, 0.5) is 5.82 Å². The number of hydrogen-bond donors (Lipinski definition) is 1. The van der Waals surface area contributed by atoms with E-state index in [1.54, 1.807) is 16.3 Å². The minimum absolute atomic E-state index is 0.266. The molecule has 1 aliphatic rings. The summed E-state index contributed by atoms with van der Waals surface area (Å²) in [6.45, 7) is 6.90. The van der Waals surface area contributed by atoms with Crippen molar-refractivity contribution in [3.8, 4) is 23.1 Å². The van der Waals surface area contributed by atoms with Crippen molar-refractivity contribution in [3.63, 3.8) is 0 Å². The van der Waals surface area contributed by atoms with Gasteiger partial charge in [0.25, 0.3) is 0 Å². The van der Waals surface area contributed by atoms with E-state index in [1.165, 1.54) is 0 Å². The van der Waals surface area contributed by atoms with E-state index in [-0.39, 0.29) is 6.01 Å². The molecule has 4 heterocycles. The Morgan fingerprint density at radius 1 is 1.11 bits per heavy atom. The fourth-order valence-electron chi connectivity index (χ4n) is 4.21. The molecule has 36 heavy (non-hydrogen) atoms. The van der Waals surface area contributed by atoms with Crippen molar-refractivity contribution >= 4 is 5.82 Å². The monoisotopic (exact) mass is 489 g/mol. The molecule has 1 saturated heterocycles. The van der Waals surface area contributed by atoms with Crippen molar-refractivity contribution in [3.05, 3.63) is 65.6 Å². The van der Waals surface area contributed by atoms with Crippen LogP contribution in [0.3, 0.4) is 0 Å². The number of aliphatic hydroxyl groups is 1. The van der Waals surface area contributed by atoms with E-state index in [9.17, 15) is 5.11 Å². The standard InChI is InChI=1S/C26H31N7O3/c1-18-5-4-6-21(13-18)22-14-23(19(2)34)33(30-22)25-15-24(32-8-11-35-12-9-32)28-26(29-25)36-10-7-20-16-27-31(3)17-20/h4-6,13-17,19,34H,7-12H2,1-3H3. The smallest absolute Gasteiger partial charge is 0.320 e. The molecule has 1 fully saturated rings. The second-order valence-electron chi connectivity index (χ2n) is 9.00. The Morgan fingerprint density at radius 2 is 1.92 bits per heavy atom. The molecule has 3 aromatic heterocycles. The Kier molecular flexibility index (Phi) is 6.97. The predicted octanol–water partition coefficient (Wildman–Crippen LogP) is 2.88. The summed E-state index contributed by atoms with van der Waals surface area (Å²) in [5.74, 6) is 1.28. The van der Waals surface area contributed by atoms with Crippen molar-refractivity contribution in [1.82, 2.24) is 29.5 Å². The first-order valence-electron chi connectivity index (χ1n) is 12.1. The largest absolute Gasteiger partial charge is 0.463 e. The predicted molar refractivity (Wildman–Crippen MR) is 135 cm³/mol. The summed E-state index contributed by atoms with van der Waals surface area (Å²) in [5.41, 5.74) is 4.60. The lowest BCUT2D eigenvalue weighted by molar-refractivity contribution is 0.122. The third-order valence-corrected chi connectivity index (χ3v) is 6.09. The normalized spacial score (nSPS) is 14.7. The van der Waals surface area contributed by atoms with Crippen LogP contribution >= 0.6 is 0 Å². The van der Waals surface area contributed by atoms with E-state index in [2.05, 4.69) is 26.0 Å². The molecule has 188 valence electrons. The molecule has 10 heteroatoms. The van der Waals surface area contributed by atoms with E-state index < -0.39 is 6.10 Å². The first kappa shape index (κ1) is 24.0. The highest BCUT2D eigenvalue weighted by Crippen LogP contribution is 2.27. The van der Waals surface area contributed by atoms with Crippen LogP contribution in [0, 0.1) is 6.92 Å². The molecule has 1 atom stereocenters. The number of nitrogens with zero attached hydrogens (tertiary/aromatic N) is 7. The van der Waals surface area contributed by atoms with Crippen molar-refractivity contribution in [1.29, 1.82) is 0 Å². The summed E-state index contributed by atoms with van der Waals surface area (Å²) >= 11 is 0. The Balaban J connectivity index is 1.50. The highest BCUT2D eigenvalue weighted by molar-refractivity contribution is 5.61. The highest BCUT2D eigenvalue weighted by Gasteiger charge is 2.21. The van der Waals surface area contributed by atoms with E-state index in [0.29, 0.717) is 37.8 Å². The number of rotatable bonds is 8. The van der Waals surface area contributed by atoms with Crippen molar-refractivity contribution in [2.24, 2.45) is 7.05 Å². The summed E-state index contributed by atoms with van der Waals surface area (Å²) in [6.07, 6.45) is 3.73. The van der Waals surface area contributed by atoms with Gasteiger partial charge in [0.05, 0.1) is 43.5 Å². The lowest BCUT2D eigenvalue weighted by atomic mass is 10.1. The van der Waals surface area contributed by atoms with Gasteiger partial charge in [-0.15, -0.1) is 0 Å². The summed E-state index contributed by atoms with van der Waals surface area (Å²) < 4.78 is 15.0. The van der Waals surface area contributed by atoms with Gasteiger partial charge in [-0.05, 0) is 31.5 Å². The molecule has 0 amide bonds. The maximum absolute atomic E-state index is 10.6. The number of aromatic nitrogens is 6. The minimum atomic E-state index is -0.743. The van der Waals surface area contributed by atoms with E-state index in [0.717, 1.165) is 41.3 Å². The van der Waals surface area contributed by atoms with Crippen LogP contribution in [-0.4, -0.2) is 67.5 Å². The first-order valence-corrected chi connectivity index (χ1v) is 12.1. The van der Waals surface area contributed by atoms with Crippen LogP contribution in [-0.2, 0) is 18.2 Å². The zero-order valence-electron chi connectivity index (χ0n) is 20.8. The number of anilines is 1. The van der Waals surface area contributed by atoms with Gasteiger partial charge in [-0.3, -0.25) is 4.68 Å². The van der Waals surface area contributed by atoms with Gasteiger partial charge in [0.15, 0.2) is 5.82 Å². The Hall–Kier alpha value is -3.76. The molecule has 5 rings (SSSR count). The second kappa shape index (κ2) is 10.5. The molecule has 0 radical (unpaired) electrons. The molecule has 1 aromatic carbocycles. The van der Waals surface area contributed by atoms with E-state index in [4.69, 9.17) is 14.6 Å². The zero-order chi connectivity index (χ0) is 25.1. The fourth-order valence-corrected chi connectivity index (χ4v) is 4.21. The molecule has 0 spiro atoms. The minimum Gasteiger partial charge on any atom is -0.463 e. The van der Waals surface area contributed by atoms with Gasteiger partial charge in [0, 0.05) is 44.4 Å². The molecule has 1 N–H and O–H groups in total. The molecular weight excluding hydrogens is 458 g/mol. The SMILES string of the molecule is Cc1cccc(-c2cc(C(C)O)n(-c3cc(N4CCOCC4)nc(OCCc4cnn(C)c4)n3)n2)c1. The molecule has 4 aromatic rings. The van der Waals surface area contributed by atoms with Crippen LogP contribution in [0.2, 0.25) is 0 Å². The highest BCUT2D eigenvalue weighted by atomic mass is 16.5. The Labute approximate surface area is 210 Å². The summed E-state index contributed by atoms with van der Waals surface area (Å²) in [6, 6.07) is 12.2. The van der Waals surface area contributed by atoms with Gasteiger partial charge in [-0.25, -0.2) is 4.68 Å². The van der Waals surface area contributed by atoms with Gasteiger partial charge in [-0.1, -0.05) is 23.8 Å². The third kappa shape index (κ3) is 5.39. The van der Waals surface area contributed by atoms with Crippen LogP contribution in [0.5, 0.6) is 6.01 Å². The second-order valence-corrected chi connectivity index (χ2v) is 9.00. The lowest BCUT2D eigenvalue weighted by Gasteiger charge is -2.28. The van der Waals surface area contributed by atoms with Gasteiger partial charge in [0.1, 0.15) is 5.82 Å². The zero-order valence-corrected chi connectivity index (χ0v) is 20.8. The van der Waals surface area contributed by atoms with Crippen LogP contribution in [0.25, 0.3) is 17.1 Å². The molecule has 1 unspecified atom stereocenters. The molecular formula is C26H31N7O3. The van der Waals surface area contributed by atoms with Gasteiger partial charge < -0.3 is 19.5 Å². The van der Waals surface area contributed by atoms with Gasteiger partial charge in [-0.2, -0.15) is 20.2 Å². The number of ether oxygens (including phenoxy) is 2. The van der Waals surface area contributed by atoms with Crippen molar-refractivity contribution in [2.45, 2.75) is 26.4 Å². The fraction of sp³-hybridized carbons (Fsp3) is 0.385. The van der Waals surface area contributed by atoms with Crippen molar-refractivity contribution < 1.29 is 14.6 Å². The Morgan fingerprint density at radius 3 is 2.64 bits per heavy atom. The average molecular weight is 490 g/mol. The van der Waals surface area contributed by atoms with Crippen LogP contribution < -0.4 is 9.64 Å². The molecule has 0 aliphatic carbocycles. The van der Waals surface area contributed by atoms with Gasteiger partial charge >= 0.3 is 6.01 Å². The molecule has 0 bridgehead atoms. The molecule has 1 aliphatic heterocycles. The van der Waals surface area contributed by atoms with Gasteiger partial charge in [0.2, 0.25) is 0 Å². The number of aryl methyl sites for hydroxylation is 2. The summed E-state index contributed by atoms with van der Waals surface area (Å²) in [4.78, 5) is 11.5. The first-order chi connectivity index (χ1) is 17.5. The number of aliphatic hydroxyl groups excluding tert-OH is 1. The average Bonchev–Trinajstić information content (AvgIpc) is 3.51. The summed E-state index contributed by atoms with van der Waals surface area (Å²) in [7, 11) is 1.89. The number of morpholine rings is 1. The maximum Gasteiger partial charge on any atom is 0.320 e. The van der Waals surface area contributed by atoms with E-state index in [1.807, 2.05) is 56.7 Å². The van der Waals surface area contributed by atoms with E-state index >= 15 is 0 Å². The van der Waals surface area contributed by atoms with Crippen LogP contribution in [0.1, 0.15) is 29.8 Å². The number of hydrogen-bond acceptors (Lipinski definition) is 8. The molecule has 10 nitrogen and oxygen atoms in total. The van der Waals surface area contributed by atoms with Crippen LogP contribution in [0.15, 0.2) is 48.8 Å². The third-order valence-electron chi connectivity index (χ3n) is 6.09. The summed E-state index contributed by atoms with van der Waals surface area (Å²) in [5, 5.41) is 19.6. The number of benzene rings is 1. The maximum atomic E-state index is 10.6. The topological polar surface area (TPSA) is 103 Å².